The van der Waals surface area contributed by atoms with E-state index in [9.17, 15) is 4.79 Å². The van der Waals surface area contributed by atoms with Crippen LogP contribution in [0.4, 0.5) is 0 Å². The molecule has 2 rings (SSSR count). The maximum absolute atomic E-state index is 12.2. The van der Waals surface area contributed by atoms with E-state index in [4.69, 9.17) is 0 Å². The van der Waals surface area contributed by atoms with Crippen molar-refractivity contribution >= 4 is 27.9 Å². The van der Waals surface area contributed by atoms with Gasteiger partial charge in [-0.25, -0.2) is 0 Å². The zero-order valence-electron chi connectivity index (χ0n) is 12.2. The minimum atomic E-state index is -0.00803. The Bertz CT molecular complexity index is 637. The molecule has 21 heavy (non-hydrogen) atoms. The van der Waals surface area contributed by atoms with E-state index in [1.807, 2.05) is 74.6 Å². The van der Waals surface area contributed by atoms with Gasteiger partial charge in [-0.05, 0) is 36.3 Å². The van der Waals surface area contributed by atoms with Gasteiger partial charge in [0, 0.05) is 17.6 Å². The van der Waals surface area contributed by atoms with Crippen LogP contribution in [0.25, 0.3) is 6.08 Å². The van der Waals surface area contributed by atoms with Crippen molar-refractivity contribution in [3.05, 3.63) is 76.3 Å². The zero-order chi connectivity index (χ0) is 15.2. The van der Waals surface area contributed by atoms with Gasteiger partial charge < -0.3 is 4.90 Å². The lowest BCUT2D eigenvalue weighted by Gasteiger charge is -2.24. The van der Waals surface area contributed by atoms with Crippen molar-refractivity contribution in [2.45, 2.75) is 13.0 Å². The van der Waals surface area contributed by atoms with E-state index in [2.05, 4.69) is 15.9 Å². The molecule has 0 saturated carbocycles. The van der Waals surface area contributed by atoms with Crippen molar-refractivity contribution in [2.75, 3.05) is 7.05 Å². The summed E-state index contributed by atoms with van der Waals surface area (Å²) < 4.78 is 1.00. The van der Waals surface area contributed by atoms with Crippen molar-refractivity contribution in [1.82, 2.24) is 4.90 Å². The van der Waals surface area contributed by atoms with Gasteiger partial charge in [-0.2, -0.15) is 0 Å². The SMILES string of the molecule is CC(c1ccccc1)N(C)C(=O)/C=C/c1cccc(Br)c1. The van der Waals surface area contributed by atoms with E-state index >= 15 is 0 Å². The number of hydrogen-bond donors (Lipinski definition) is 0. The fraction of sp³-hybridized carbons (Fsp3) is 0.167. The number of nitrogens with zero attached hydrogens (tertiary/aromatic N) is 1. The maximum atomic E-state index is 12.2. The highest BCUT2D eigenvalue weighted by Gasteiger charge is 2.14. The van der Waals surface area contributed by atoms with Gasteiger partial charge in [0.1, 0.15) is 0 Å². The van der Waals surface area contributed by atoms with Gasteiger partial charge >= 0.3 is 0 Å². The first kappa shape index (κ1) is 15.5. The lowest BCUT2D eigenvalue weighted by molar-refractivity contribution is -0.126. The van der Waals surface area contributed by atoms with E-state index in [-0.39, 0.29) is 11.9 Å². The highest BCUT2D eigenvalue weighted by molar-refractivity contribution is 9.10. The number of halogens is 1. The summed E-state index contributed by atoms with van der Waals surface area (Å²) in [4.78, 5) is 14.0. The van der Waals surface area contributed by atoms with Crippen LogP contribution in [0.2, 0.25) is 0 Å². The molecule has 0 fully saturated rings. The number of carbonyl (C=O) groups excluding carboxylic acids is 1. The molecule has 2 aromatic carbocycles. The standard InChI is InChI=1S/C18H18BrNO/c1-14(16-8-4-3-5-9-16)20(2)18(21)12-11-15-7-6-10-17(19)13-15/h3-14H,1-2H3/b12-11+. The summed E-state index contributed by atoms with van der Waals surface area (Å²) in [7, 11) is 1.82. The van der Waals surface area contributed by atoms with Crippen LogP contribution in [0.3, 0.4) is 0 Å². The Morgan fingerprint density at radius 1 is 1.14 bits per heavy atom. The topological polar surface area (TPSA) is 20.3 Å². The van der Waals surface area contributed by atoms with Crippen LogP contribution < -0.4 is 0 Å². The molecule has 0 bridgehead atoms. The Morgan fingerprint density at radius 2 is 1.86 bits per heavy atom. The second kappa shape index (κ2) is 7.23. The molecule has 108 valence electrons. The quantitative estimate of drug-likeness (QED) is 0.738. The Balaban J connectivity index is 2.06. The van der Waals surface area contributed by atoms with Crippen LogP contribution in [0, 0.1) is 0 Å². The number of amides is 1. The number of carbonyl (C=O) groups is 1. The van der Waals surface area contributed by atoms with E-state index in [0.29, 0.717) is 0 Å². The summed E-state index contributed by atoms with van der Waals surface area (Å²) in [6.07, 6.45) is 3.45. The molecule has 0 radical (unpaired) electrons. The minimum absolute atomic E-state index is 0.00803. The molecule has 1 unspecified atom stereocenters. The van der Waals surface area contributed by atoms with E-state index < -0.39 is 0 Å². The monoisotopic (exact) mass is 343 g/mol. The molecule has 2 nitrogen and oxygen atoms in total. The predicted octanol–water partition coefficient (Wildman–Crippen LogP) is 4.68. The average Bonchev–Trinajstić information content (AvgIpc) is 2.52. The smallest absolute Gasteiger partial charge is 0.246 e. The Hall–Kier alpha value is -1.87. The van der Waals surface area contributed by atoms with Crippen LogP contribution in [0.1, 0.15) is 24.1 Å². The molecule has 0 saturated heterocycles. The Morgan fingerprint density at radius 3 is 2.52 bits per heavy atom. The van der Waals surface area contributed by atoms with Gasteiger partial charge in [-0.15, -0.1) is 0 Å². The summed E-state index contributed by atoms with van der Waals surface area (Å²) in [5.74, 6) is -0.00803. The van der Waals surface area contributed by atoms with Crippen LogP contribution >= 0.6 is 15.9 Å². The second-order valence-corrected chi connectivity index (χ2v) is 5.84. The maximum Gasteiger partial charge on any atom is 0.246 e. The van der Waals surface area contributed by atoms with Gasteiger partial charge in [-0.1, -0.05) is 58.4 Å². The molecular weight excluding hydrogens is 326 g/mol. The highest BCUT2D eigenvalue weighted by atomic mass is 79.9. The van der Waals surface area contributed by atoms with Crippen LogP contribution in [-0.2, 0) is 4.79 Å². The largest absolute Gasteiger partial charge is 0.335 e. The van der Waals surface area contributed by atoms with Gasteiger partial charge in [0.2, 0.25) is 5.91 Å². The fourth-order valence-corrected chi connectivity index (χ4v) is 2.46. The first-order valence-corrected chi connectivity index (χ1v) is 7.62. The molecule has 0 spiro atoms. The van der Waals surface area contributed by atoms with E-state index in [1.165, 1.54) is 0 Å². The molecule has 1 atom stereocenters. The van der Waals surface area contributed by atoms with Crippen molar-refractivity contribution in [2.24, 2.45) is 0 Å². The summed E-state index contributed by atoms with van der Waals surface area (Å²) >= 11 is 3.42. The molecule has 0 N–H and O–H groups in total. The molecule has 0 aromatic heterocycles. The number of benzene rings is 2. The van der Waals surface area contributed by atoms with E-state index in [0.717, 1.165) is 15.6 Å². The third kappa shape index (κ3) is 4.30. The molecule has 0 heterocycles. The van der Waals surface area contributed by atoms with Crippen LogP contribution in [-0.4, -0.2) is 17.9 Å². The number of hydrogen-bond acceptors (Lipinski definition) is 1. The number of likely N-dealkylation sites (N-methyl/N-ethyl adjacent to an activating group) is 1. The zero-order valence-corrected chi connectivity index (χ0v) is 13.7. The normalized spacial score (nSPS) is 12.3. The third-order valence-electron chi connectivity index (χ3n) is 3.48. The molecule has 0 aliphatic rings. The van der Waals surface area contributed by atoms with Crippen molar-refractivity contribution in [3.63, 3.8) is 0 Å². The molecule has 1 amide bonds. The molecule has 2 aromatic rings. The average molecular weight is 344 g/mol. The van der Waals surface area contributed by atoms with Gasteiger partial charge in [0.15, 0.2) is 0 Å². The van der Waals surface area contributed by atoms with Crippen LogP contribution in [0.5, 0.6) is 0 Å². The second-order valence-electron chi connectivity index (χ2n) is 4.92. The Labute approximate surface area is 134 Å². The summed E-state index contributed by atoms with van der Waals surface area (Å²) in [5.41, 5.74) is 2.13. The van der Waals surface area contributed by atoms with E-state index in [1.54, 1.807) is 11.0 Å². The van der Waals surface area contributed by atoms with Gasteiger partial charge in [0.25, 0.3) is 0 Å². The van der Waals surface area contributed by atoms with Gasteiger partial charge in [-0.3, -0.25) is 4.79 Å². The first-order valence-electron chi connectivity index (χ1n) is 6.83. The van der Waals surface area contributed by atoms with Crippen molar-refractivity contribution in [3.8, 4) is 0 Å². The highest BCUT2D eigenvalue weighted by Crippen LogP contribution is 2.19. The molecule has 0 aliphatic heterocycles. The molecular formula is C18H18BrNO. The summed E-state index contributed by atoms with van der Waals surface area (Å²) in [5, 5.41) is 0. The minimum Gasteiger partial charge on any atom is -0.335 e. The number of rotatable bonds is 4. The summed E-state index contributed by atoms with van der Waals surface area (Å²) in [6, 6.07) is 17.9. The lowest BCUT2D eigenvalue weighted by Crippen LogP contribution is -2.27. The Kier molecular flexibility index (Phi) is 5.34. The third-order valence-corrected chi connectivity index (χ3v) is 3.97. The van der Waals surface area contributed by atoms with Crippen LogP contribution in [0.15, 0.2) is 65.1 Å². The first-order chi connectivity index (χ1) is 10.1. The summed E-state index contributed by atoms with van der Waals surface area (Å²) in [6.45, 7) is 2.03. The van der Waals surface area contributed by atoms with Crippen molar-refractivity contribution < 1.29 is 4.79 Å². The fourth-order valence-electron chi connectivity index (χ4n) is 2.04. The van der Waals surface area contributed by atoms with Crippen molar-refractivity contribution in [1.29, 1.82) is 0 Å². The van der Waals surface area contributed by atoms with Gasteiger partial charge in [0.05, 0.1) is 6.04 Å². The molecule has 3 heteroatoms. The molecule has 0 aliphatic carbocycles. The lowest BCUT2D eigenvalue weighted by atomic mass is 10.1. The predicted molar refractivity (Wildman–Crippen MR) is 90.8 cm³/mol.